The SMILES string of the molecule is O=C(Nc1ccc(Nc2ccnc3ncc4[nH]ncc4c23)cc1)c1ccc(F)cc1C(F)(F)F. The van der Waals surface area contributed by atoms with Crippen molar-refractivity contribution in [2.24, 2.45) is 0 Å². The van der Waals surface area contributed by atoms with Crippen molar-refractivity contribution in [3.05, 3.63) is 84.1 Å². The number of halogens is 4. The molecule has 3 aromatic heterocycles. The van der Waals surface area contributed by atoms with Gasteiger partial charge in [0.25, 0.3) is 5.91 Å². The second-order valence-corrected chi connectivity index (χ2v) is 7.36. The number of amides is 1. The van der Waals surface area contributed by atoms with Gasteiger partial charge < -0.3 is 10.6 Å². The molecule has 170 valence electrons. The van der Waals surface area contributed by atoms with E-state index in [0.29, 0.717) is 17.4 Å². The molecular weight excluding hydrogens is 452 g/mol. The van der Waals surface area contributed by atoms with Crippen LogP contribution in [-0.4, -0.2) is 26.1 Å². The van der Waals surface area contributed by atoms with Gasteiger partial charge in [0.1, 0.15) is 5.82 Å². The molecule has 7 nitrogen and oxygen atoms in total. The lowest BCUT2D eigenvalue weighted by Gasteiger charge is -2.14. The summed E-state index contributed by atoms with van der Waals surface area (Å²) < 4.78 is 52.9. The van der Waals surface area contributed by atoms with Gasteiger partial charge in [-0.15, -0.1) is 0 Å². The monoisotopic (exact) mass is 466 g/mol. The Morgan fingerprint density at radius 3 is 2.47 bits per heavy atom. The molecule has 0 fully saturated rings. The summed E-state index contributed by atoms with van der Waals surface area (Å²) in [4.78, 5) is 21.0. The van der Waals surface area contributed by atoms with Gasteiger partial charge in [0.2, 0.25) is 0 Å². The molecule has 0 bridgehead atoms. The predicted octanol–water partition coefficient (Wildman–Crippen LogP) is 5.66. The molecule has 0 aliphatic rings. The number of aromatic nitrogens is 4. The molecule has 34 heavy (non-hydrogen) atoms. The number of hydrogen-bond donors (Lipinski definition) is 3. The van der Waals surface area contributed by atoms with Crippen LogP contribution in [0.1, 0.15) is 15.9 Å². The molecule has 2 aromatic carbocycles. The van der Waals surface area contributed by atoms with Gasteiger partial charge in [-0.3, -0.25) is 9.89 Å². The summed E-state index contributed by atoms with van der Waals surface area (Å²) in [5.74, 6) is -2.08. The van der Waals surface area contributed by atoms with Gasteiger partial charge in [-0.1, -0.05) is 0 Å². The second kappa shape index (κ2) is 8.10. The van der Waals surface area contributed by atoms with Gasteiger partial charge in [-0.2, -0.15) is 18.3 Å². The minimum Gasteiger partial charge on any atom is -0.355 e. The molecule has 0 saturated carbocycles. The number of benzene rings is 2. The number of anilines is 3. The molecule has 3 heterocycles. The van der Waals surface area contributed by atoms with Gasteiger partial charge in [-0.05, 0) is 48.5 Å². The van der Waals surface area contributed by atoms with E-state index < -0.39 is 29.0 Å². The summed E-state index contributed by atoms with van der Waals surface area (Å²) in [5, 5.41) is 14.2. The number of rotatable bonds is 4. The number of carbonyl (C=O) groups excluding carboxylic acids is 1. The molecule has 0 atom stereocenters. The predicted molar refractivity (Wildman–Crippen MR) is 118 cm³/mol. The van der Waals surface area contributed by atoms with E-state index in [9.17, 15) is 22.4 Å². The Labute approximate surface area is 188 Å². The van der Waals surface area contributed by atoms with Crippen LogP contribution in [0.2, 0.25) is 0 Å². The van der Waals surface area contributed by atoms with Crippen LogP contribution in [0.25, 0.3) is 21.9 Å². The number of hydrogen-bond acceptors (Lipinski definition) is 5. The van der Waals surface area contributed by atoms with Gasteiger partial charge >= 0.3 is 6.18 Å². The first-order valence-electron chi connectivity index (χ1n) is 9.91. The Kier molecular flexibility index (Phi) is 5.08. The lowest BCUT2D eigenvalue weighted by Crippen LogP contribution is -2.19. The molecule has 0 spiro atoms. The minimum atomic E-state index is -4.87. The molecule has 1 amide bonds. The van der Waals surface area contributed by atoms with Gasteiger partial charge in [0.05, 0.1) is 40.1 Å². The van der Waals surface area contributed by atoms with Crippen LogP contribution < -0.4 is 10.6 Å². The molecule has 3 N–H and O–H groups in total. The first kappa shape index (κ1) is 21.3. The highest BCUT2D eigenvalue weighted by atomic mass is 19.4. The molecule has 0 aliphatic heterocycles. The number of fused-ring (bicyclic) bond motifs is 3. The lowest BCUT2D eigenvalue weighted by molar-refractivity contribution is -0.138. The van der Waals surface area contributed by atoms with E-state index in [1.807, 2.05) is 0 Å². The molecule has 11 heteroatoms. The molecule has 5 rings (SSSR count). The molecule has 5 aromatic rings. The van der Waals surface area contributed by atoms with Gasteiger partial charge in [0, 0.05) is 23.0 Å². The van der Waals surface area contributed by atoms with Crippen LogP contribution in [0, 0.1) is 5.82 Å². The number of H-pyrrole nitrogens is 1. The maximum Gasteiger partial charge on any atom is 0.417 e. The van der Waals surface area contributed by atoms with Crippen molar-refractivity contribution in [3.8, 4) is 0 Å². The van der Waals surface area contributed by atoms with Crippen molar-refractivity contribution in [1.29, 1.82) is 0 Å². The highest BCUT2D eigenvalue weighted by Gasteiger charge is 2.35. The largest absolute Gasteiger partial charge is 0.417 e. The highest BCUT2D eigenvalue weighted by Crippen LogP contribution is 2.33. The Morgan fingerprint density at radius 2 is 1.71 bits per heavy atom. The van der Waals surface area contributed by atoms with Crippen molar-refractivity contribution < 1.29 is 22.4 Å². The zero-order valence-electron chi connectivity index (χ0n) is 17.1. The zero-order chi connectivity index (χ0) is 23.9. The van der Waals surface area contributed by atoms with Crippen LogP contribution in [-0.2, 0) is 6.18 Å². The number of nitrogens with zero attached hydrogens (tertiary/aromatic N) is 3. The fraction of sp³-hybridized carbons (Fsp3) is 0.0435. The van der Waals surface area contributed by atoms with Crippen molar-refractivity contribution in [2.75, 3.05) is 10.6 Å². The fourth-order valence-corrected chi connectivity index (χ4v) is 3.58. The van der Waals surface area contributed by atoms with E-state index in [1.165, 1.54) is 12.1 Å². The van der Waals surface area contributed by atoms with Gasteiger partial charge in [-0.25, -0.2) is 14.4 Å². The maximum absolute atomic E-state index is 13.3. The first-order chi connectivity index (χ1) is 16.3. The third kappa shape index (κ3) is 3.98. The summed E-state index contributed by atoms with van der Waals surface area (Å²) in [5.41, 5.74) is 0.920. The van der Waals surface area contributed by atoms with E-state index in [2.05, 4.69) is 30.8 Å². The summed E-state index contributed by atoms with van der Waals surface area (Å²) in [6, 6.07) is 10.1. The number of aromatic amines is 1. The van der Waals surface area contributed by atoms with Crippen molar-refractivity contribution in [1.82, 2.24) is 20.2 Å². The summed E-state index contributed by atoms with van der Waals surface area (Å²) in [7, 11) is 0. The van der Waals surface area contributed by atoms with Crippen LogP contribution in [0.4, 0.5) is 34.6 Å². The van der Waals surface area contributed by atoms with Crippen LogP contribution >= 0.6 is 0 Å². The van der Waals surface area contributed by atoms with Gasteiger partial charge in [0.15, 0.2) is 5.65 Å². The highest BCUT2D eigenvalue weighted by molar-refractivity contribution is 6.10. The van der Waals surface area contributed by atoms with E-state index >= 15 is 0 Å². The number of alkyl halides is 3. The van der Waals surface area contributed by atoms with Crippen LogP contribution in [0.5, 0.6) is 0 Å². The second-order valence-electron chi connectivity index (χ2n) is 7.36. The van der Waals surface area contributed by atoms with Crippen molar-refractivity contribution in [3.63, 3.8) is 0 Å². The third-order valence-electron chi connectivity index (χ3n) is 5.14. The van der Waals surface area contributed by atoms with E-state index in [4.69, 9.17) is 0 Å². The number of carbonyl (C=O) groups is 1. The van der Waals surface area contributed by atoms with Crippen molar-refractivity contribution >= 4 is 44.9 Å². The molecule has 0 aliphatic carbocycles. The topological polar surface area (TPSA) is 95.6 Å². The average Bonchev–Trinajstić information content (AvgIpc) is 3.29. The van der Waals surface area contributed by atoms with Crippen LogP contribution in [0.3, 0.4) is 0 Å². The Bertz CT molecular complexity index is 1530. The molecular formula is C23H14F4N6O. The quantitative estimate of drug-likeness (QED) is 0.297. The standard InChI is InChI=1S/C23H14F4N6O/c24-12-1-6-15(17(9-12)23(25,26)27)22(34)32-14-4-2-13(3-5-14)31-18-7-8-28-21-20(18)16-10-30-33-19(16)11-29-21/h1-11H,(H,30,33)(H,32,34)(H,28,29,31). The van der Waals surface area contributed by atoms with Crippen molar-refractivity contribution in [2.45, 2.75) is 6.18 Å². The molecule has 0 saturated heterocycles. The van der Waals surface area contributed by atoms with E-state index in [1.54, 1.807) is 36.8 Å². The summed E-state index contributed by atoms with van der Waals surface area (Å²) >= 11 is 0. The zero-order valence-corrected chi connectivity index (χ0v) is 17.1. The summed E-state index contributed by atoms with van der Waals surface area (Å²) in [6.45, 7) is 0. The Hall–Kier alpha value is -4.54. The Morgan fingerprint density at radius 1 is 0.941 bits per heavy atom. The third-order valence-corrected chi connectivity index (χ3v) is 5.14. The fourth-order valence-electron chi connectivity index (χ4n) is 3.58. The number of nitrogens with one attached hydrogen (secondary N) is 3. The average molecular weight is 466 g/mol. The lowest BCUT2D eigenvalue weighted by atomic mass is 10.1. The maximum atomic E-state index is 13.3. The molecule has 0 unspecified atom stereocenters. The normalized spacial score (nSPS) is 11.6. The summed E-state index contributed by atoms with van der Waals surface area (Å²) in [6.07, 6.45) is 0.0595. The van der Waals surface area contributed by atoms with E-state index in [-0.39, 0.29) is 5.69 Å². The van der Waals surface area contributed by atoms with Crippen LogP contribution in [0.15, 0.2) is 67.1 Å². The number of pyridine rings is 2. The molecule has 0 radical (unpaired) electrons. The Balaban J connectivity index is 1.39. The smallest absolute Gasteiger partial charge is 0.355 e. The first-order valence-corrected chi connectivity index (χ1v) is 9.91. The van der Waals surface area contributed by atoms with E-state index in [0.717, 1.165) is 34.1 Å². The minimum absolute atomic E-state index is 0.270.